The Morgan fingerprint density at radius 1 is 1.15 bits per heavy atom. The number of rotatable bonds is 3. The van der Waals surface area contributed by atoms with E-state index in [1.807, 2.05) is 13.0 Å². The van der Waals surface area contributed by atoms with Crippen molar-refractivity contribution in [1.29, 1.82) is 0 Å². The summed E-state index contributed by atoms with van der Waals surface area (Å²) in [4.78, 5) is 28.2. The summed E-state index contributed by atoms with van der Waals surface area (Å²) in [6.07, 6.45) is 4.04. The minimum absolute atomic E-state index is 0.122. The zero-order chi connectivity index (χ0) is 18.5. The van der Waals surface area contributed by atoms with Crippen molar-refractivity contribution < 1.29 is 4.84 Å². The zero-order valence-electron chi connectivity index (χ0n) is 15.3. The van der Waals surface area contributed by atoms with Gasteiger partial charge in [-0.2, -0.15) is 0 Å². The van der Waals surface area contributed by atoms with Crippen LogP contribution in [0, 0.1) is 0 Å². The quantitative estimate of drug-likeness (QED) is 0.741. The van der Waals surface area contributed by atoms with Crippen molar-refractivity contribution in [3.8, 4) is 11.1 Å². The van der Waals surface area contributed by atoms with Gasteiger partial charge in [0, 0.05) is 29.3 Å². The number of imidazole rings is 1. The van der Waals surface area contributed by atoms with Gasteiger partial charge in [0.05, 0.1) is 16.7 Å². The Bertz CT molecular complexity index is 1180. The molecule has 5 rings (SSSR count). The Balaban J connectivity index is 1.78. The lowest BCUT2D eigenvalue weighted by atomic mass is 9.93. The molecule has 1 aromatic carbocycles. The highest BCUT2D eigenvalue weighted by atomic mass is 16.6. The first-order valence-corrected chi connectivity index (χ1v) is 9.20. The lowest BCUT2D eigenvalue weighted by molar-refractivity contribution is 0.165. The second-order valence-corrected chi connectivity index (χ2v) is 7.36. The summed E-state index contributed by atoms with van der Waals surface area (Å²) in [6, 6.07) is 7.78. The third-order valence-corrected chi connectivity index (χ3v) is 5.21. The Morgan fingerprint density at radius 2 is 2.00 bits per heavy atom. The van der Waals surface area contributed by atoms with E-state index in [2.05, 4.69) is 34.2 Å². The van der Waals surface area contributed by atoms with E-state index in [1.54, 1.807) is 12.3 Å². The molecule has 6 nitrogen and oxygen atoms in total. The van der Waals surface area contributed by atoms with E-state index >= 15 is 0 Å². The maximum absolute atomic E-state index is 11.9. The Hall–Kier alpha value is -3.15. The van der Waals surface area contributed by atoms with E-state index in [-0.39, 0.29) is 5.56 Å². The molecule has 0 radical (unpaired) electrons. The van der Waals surface area contributed by atoms with Gasteiger partial charge >= 0.3 is 0 Å². The zero-order valence-corrected chi connectivity index (χ0v) is 15.3. The molecule has 6 heteroatoms. The van der Waals surface area contributed by atoms with Crippen LogP contribution in [-0.2, 0) is 4.84 Å². The first kappa shape index (κ1) is 16.1. The van der Waals surface area contributed by atoms with Crippen molar-refractivity contribution >= 4 is 22.3 Å². The average molecular weight is 360 g/mol. The summed E-state index contributed by atoms with van der Waals surface area (Å²) in [6.45, 7) is 4.51. The molecule has 27 heavy (non-hydrogen) atoms. The monoisotopic (exact) mass is 360 g/mol. The van der Waals surface area contributed by atoms with Crippen LogP contribution in [0.1, 0.15) is 44.0 Å². The molecule has 1 aliphatic carbocycles. The third-order valence-electron chi connectivity index (χ3n) is 5.21. The molecule has 3 aromatic rings. The predicted octanol–water partition coefficient (Wildman–Crippen LogP) is 3.98. The minimum Gasteiger partial charge on any atom is -0.391 e. The third kappa shape index (κ3) is 2.77. The van der Waals surface area contributed by atoms with Crippen LogP contribution in [0.25, 0.3) is 27.7 Å². The summed E-state index contributed by atoms with van der Waals surface area (Å²) >= 11 is 0. The molecular formula is C21H20N4O2. The van der Waals surface area contributed by atoms with Crippen molar-refractivity contribution in [2.75, 3.05) is 6.61 Å². The number of nitrogens with zero attached hydrogens (tertiary/aromatic N) is 2. The molecule has 0 bridgehead atoms. The van der Waals surface area contributed by atoms with Crippen molar-refractivity contribution in [3.63, 3.8) is 0 Å². The lowest BCUT2D eigenvalue weighted by Gasteiger charge is -2.17. The SMILES string of the molecule is CC1=NOCC(C)=C1c1cc(-c2cc[nH]c(=O)c2)c2nc(C3CC3)[nH]c2c1. The number of hydrogen-bond acceptors (Lipinski definition) is 4. The van der Waals surface area contributed by atoms with Crippen molar-refractivity contribution in [2.45, 2.75) is 32.6 Å². The van der Waals surface area contributed by atoms with Crippen molar-refractivity contribution in [3.05, 3.63) is 57.8 Å². The summed E-state index contributed by atoms with van der Waals surface area (Å²) in [5, 5.41) is 4.16. The van der Waals surface area contributed by atoms with Gasteiger partial charge in [0.15, 0.2) is 0 Å². The van der Waals surface area contributed by atoms with Gasteiger partial charge in [-0.1, -0.05) is 5.16 Å². The van der Waals surface area contributed by atoms with Gasteiger partial charge in [-0.05, 0) is 61.6 Å². The predicted molar refractivity (Wildman–Crippen MR) is 106 cm³/mol. The Kier molecular flexibility index (Phi) is 3.53. The molecule has 1 saturated carbocycles. The van der Waals surface area contributed by atoms with E-state index in [1.165, 1.54) is 12.8 Å². The van der Waals surface area contributed by atoms with Crippen LogP contribution in [-0.4, -0.2) is 27.3 Å². The highest BCUT2D eigenvalue weighted by Crippen LogP contribution is 2.41. The number of oxime groups is 1. The second-order valence-electron chi connectivity index (χ2n) is 7.36. The van der Waals surface area contributed by atoms with Crippen molar-refractivity contribution in [1.82, 2.24) is 15.0 Å². The molecule has 0 saturated heterocycles. The van der Waals surface area contributed by atoms with E-state index in [4.69, 9.17) is 9.82 Å². The smallest absolute Gasteiger partial charge is 0.248 e. The molecule has 1 fully saturated rings. The number of allylic oxidation sites excluding steroid dienone is 1. The lowest BCUT2D eigenvalue weighted by Crippen LogP contribution is -2.10. The molecule has 0 unspecified atom stereocenters. The maximum Gasteiger partial charge on any atom is 0.248 e. The number of fused-ring (bicyclic) bond motifs is 1. The van der Waals surface area contributed by atoms with Crippen LogP contribution in [0.5, 0.6) is 0 Å². The molecule has 0 spiro atoms. The fourth-order valence-corrected chi connectivity index (χ4v) is 3.77. The standard InChI is InChI=1S/C21H20N4O2/c1-11-10-27-25-12(2)19(11)15-7-16(14-5-6-22-18(26)9-14)20-17(8-15)23-21(24-20)13-3-4-13/h5-9,13H,3-4,10H2,1-2H3,(H,22,26)(H,23,24). The van der Waals surface area contributed by atoms with Crippen LogP contribution >= 0.6 is 0 Å². The van der Waals surface area contributed by atoms with Gasteiger partial charge < -0.3 is 14.8 Å². The summed E-state index contributed by atoms with van der Waals surface area (Å²) in [5.74, 6) is 1.57. The number of H-pyrrole nitrogens is 2. The van der Waals surface area contributed by atoms with E-state index in [0.717, 1.165) is 50.4 Å². The molecule has 2 aromatic heterocycles. The molecule has 0 amide bonds. The number of pyridine rings is 1. The summed E-state index contributed by atoms with van der Waals surface area (Å²) < 4.78 is 0. The summed E-state index contributed by atoms with van der Waals surface area (Å²) in [7, 11) is 0. The van der Waals surface area contributed by atoms with E-state index < -0.39 is 0 Å². The minimum atomic E-state index is -0.122. The van der Waals surface area contributed by atoms with Crippen LogP contribution in [0.2, 0.25) is 0 Å². The molecule has 2 aliphatic rings. The van der Waals surface area contributed by atoms with Gasteiger partial charge in [-0.3, -0.25) is 4.79 Å². The highest BCUT2D eigenvalue weighted by molar-refractivity contribution is 6.24. The molecule has 2 N–H and O–H groups in total. The number of hydrogen-bond donors (Lipinski definition) is 2. The molecular weight excluding hydrogens is 340 g/mol. The average Bonchev–Trinajstić information content (AvgIpc) is 3.40. The second kappa shape index (κ2) is 5.94. The van der Waals surface area contributed by atoms with Gasteiger partial charge in [-0.25, -0.2) is 4.98 Å². The van der Waals surface area contributed by atoms with Gasteiger partial charge in [0.1, 0.15) is 12.4 Å². The fourth-order valence-electron chi connectivity index (χ4n) is 3.77. The molecule has 0 atom stereocenters. The number of nitrogens with one attached hydrogen (secondary N) is 2. The number of aromatic nitrogens is 3. The summed E-state index contributed by atoms with van der Waals surface area (Å²) in [5.41, 5.74) is 7.74. The van der Waals surface area contributed by atoms with Crippen LogP contribution in [0.4, 0.5) is 0 Å². The molecule has 1 aliphatic heterocycles. The number of aromatic amines is 2. The molecule has 136 valence electrons. The van der Waals surface area contributed by atoms with Crippen LogP contribution in [0.3, 0.4) is 0 Å². The normalized spacial score (nSPS) is 17.2. The highest BCUT2D eigenvalue weighted by Gasteiger charge is 2.28. The fraction of sp³-hybridized carbons (Fsp3) is 0.286. The van der Waals surface area contributed by atoms with E-state index in [9.17, 15) is 4.79 Å². The largest absolute Gasteiger partial charge is 0.391 e. The first-order chi connectivity index (χ1) is 13.1. The Labute approximate surface area is 156 Å². The van der Waals surface area contributed by atoms with Crippen LogP contribution < -0.4 is 5.56 Å². The number of benzene rings is 1. The van der Waals surface area contributed by atoms with E-state index in [0.29, 0.717) is 12.5 Å². The van der Waals surface area contributed by atoms with Crippen molar-refractivity contribution in [2.24, 2.45) is 5.16 Å². The van der Waals surface area contributed by atoms with Gasteiger partial charge in [0.2, 0.25) is 5.56 Å². The first-order valence-electron chi connectivity index (χ1n) is 9.20. The van der Waals surface area contributed by atoms with Gasteiger partial charge in [-0.15, -0.1) is 0 Å². The van der Waals surface area contributed by atoms with Gasteiger partial charge in [0.25, 0.3) is 0 Å². The maximum atomic E-state index is 11.9. The van der Waals surface area contributed by atoms with Crippen LogP contribution in [0.15, 0.2) is 46.0 Å². The molecule has 3 heterocycles. The Morgan fingerprint density at radius 3 is 2.74 bits per heavy atom. The topological polar surface area (TPSA) is 83.1 Å².